The molecule has 158 valence electrons. The van der Waals surface area contributed by atoms with E-state index >= 15 is 0 Å². The van der Waals surface area contributed by atoms with Gasteiger partial charge in [-0.15, -0.1) is 0 Å². The summed E-state index contributed by atoms with van der Waals surface area (Å²) >= 11 is 0. The topological polar surface area (TPSA) is 79.8 Å². The zero-order chi connectivity index (χ0) is 21.4. The first-order valence-corrected chi connectivity index (χ1v) is 11.3. The second kappa shape index (κ2) is 10.2. The normalized spacial score (nSPS) is 13.1. The number of nitrogens with zero attached hydrogens (tertiary/aromatic N) is 1. The number of nitrogens with one attached hydrogen (secondary N) is 2. The first-order chi connectivity index (χ1) is 13.7. The van der Waals surface area contributed by atoms with E-state index in [9.17, 15) is 12.8 Å². The lowest BCUT2D eigenvalue weighted by Gasteiger charge is -2.19. The van der Waals surface area contributed by atoms with Crippen LogP contribution in [0.15, 0.2) is 47.5 Å². The zero-order valence-electron chi connectivity index (χ0n) is 17.2. The number of benzene rings is 2. The highest BCUT2D eigenvalue weighted by molar-refractivity contribution is 7.89. The molecule has 8 heteroatoms. The first kappa shape index (κ1) is 22.7. The number of halogens is 1. The maximum atomic E-state index is 13.7. The minimum Gasteiger partial charge on any atom is -0.496 e. The van der Waals surface area contributed by atoms with Gasteiger partial charge in [0.1, 0.15) is 11.6 Å². The van der Waals surface area contributed by atoms with Crippen molar-refractivity contribution in [1.29, 1.82) is 0 Å². The third-order valence-electron chi connectivity index (χ3n) is 4.50. The minimum absolute atomic E-state index is 0.138. The number of hydrogen-bond donors (Lipinski definition) is 2. The highest BCUT2D eigenvalue weighted by Crippen LogP contribution is 2.25. The number of methoxy groups -OCH3 is 1. The Hall–Kier alpha value is -2.61. The monoisotopic (exact) mass is 421 g/mol. The summed E-state index contributed by atoms with van der Waals surface area (Å²) in [5.41, 5.74) is 2.23. The summed E-state index contributed by atoms with van der Waals surface area (Å²) in [6, 6.07) is 12.0. The van der Waals surface area contributed by atoms with Crippen molar-refractivity contribution in [3.8, 4) is 5.75 Å². The molecule has 0 radical (unpaired) electrons. The lowest BCUT2D eigenvalue weighted by atomic mass is 10.0. The van der Waals surface area contributed by atoms with E-state index in [-0.39, 0.29) is 18.2 Å². The lowest BCUT2D eigenvalue weighted by Crippen LogP contribution is -2.38. The molecule has 0 heterocycles. The maximum absolute atomic E-state index is 13.7. The fraction of sp³-hybridized carbons (Fsp3) is 0.381. The van der Waals surface area contributed by atoms with Gasteiger partial charge in [-0.2, -0.15) is 0 Å². The molecule has 0 amide bonds. The minimum atomic E-state index is -3.22. The van der Waals surface area contributed by atoms with Crippen molar-refractivity contribution in [3.05, 3.63) is 65.0 Å². The van der Waals surface area contributed by atoms with Crippen LogP contribution in [0.25, 0.3) is 0 Å². The number of hydrogen-bond acceptors (Lipinski definition) is 4. The molecule has 0 spiro atoms. The summed E-state index contributed by atoms with van der Waals surface area (Å²) in [5.74, 6) is 0.990. The van der Waals surface area contributed by atoms with Crippen LogP contribution < -0.4 is 15.4 Å². The fourth-order valence-electron chi connectivity index (χ4n) is 3.02. The van der Waals surface area contributed by atoms with Crippen LogP contribution in [0.3, 0.4) is 0 Å². The van der Waals surface area contributed by atoms with Crippen LogP contribution in [-0.2, 0) is 22.1 Å². The summed E-state index contributed by atoms with van der Waals surface area (Å²) in [4.78, 5) is 4.19. The smallest absolute Gasteiger partial charge is 0.191 e. The zero-order valence-corrected chi connectivity index (χ0v) is 18.0. The van der Waals surface area contributed by atoms with E-state index in [1.165, 1.54) is 18.2 Å². The summed E-state index contributed by atoms with van der Waals surface area (Å²) in [7, 11) is 0.0670. The Morgan fingerprint density at radius 2 is 1.90 bits per heavy atom. The van der Waals surface area contributed by atoms with Gasteiger partial charge >= 0.3 is 0 Å². The number of sulfone groups is 1. The SMILES string of the molecule is CN=C(NCc1cc(F)ccc1CS(C)(=O)=O)NCC(C)c1ccccc1OC. The second-order valence-electron chi connectivity index (χ2n) is 6.93. The van der Waals surface area contributed by atoms with Crippen LogP contribution in [-0.4, -0.2) is 41.3 Å². The van der Waals surface area contributed by atoms with E-state index in [1.54, 1.807) is 14.2 Å². The van der Waals surface area contributed by atoms with Gasteiger partial charge in [-0.05, 0) is 34.9 Å². The molecule has 0 aliphatic carbocycles. The van der Waals surface area contributed by atoms with Gasteiger partial charge in [0.05, 0.1) is 12.9 Å². The molecule has 6 nitrogen and oxygen atoms in total. The van der Waals surface area contributed by atoms with Gasteiger partial charge in [0.25, 0.3) is 0 Å². The Labute approximate surface area is 172 Å². The lowest BCUT2D eigenvalue weighted by molar-refractivity contribution is 0.406. The van der Waals surface area contributed by atoms with Crippen LogP contribution in [0.5, 0.6) is 5.75 Å². The predicted octanol–water partition coefficient (Wildman–Crippen LogP) is 2.85. The summed E-state index contributed by atoms with van der Waals surface area (Å²) in [5, 5.41) is 6.36. The molecule has 1 atom stereocenters. The van der Waals surface area contributed by atoms with E-state index in [0.717, 1.165) is 17.6 Å². The Morgan fingerprint density at radius 1 is 1.17 bits per heavy atom. The van der Waals surface area contributed by atoms with Crippen molar-refractivity contribution >= 4 is 15.8 Å². The molecular weight excluding hydrogens is 393 g/mol. The number of guanidine groups is 1. The highest BCUT2D eigenvalue weighted by Gasteiger charge is 2.13. The van der Waals surface area contributed by atoms with Crippen LogP contribution in [0.1, 0.15) is 29.5 Å². The molecule has 1 unspecified atom stereocenters. The first-order valence-electron chi connectivity index (χ1n) is 9.26. The molecule has 0 saturated heterocycles. The van der Waals surface area contributed by atoms with Gasteiger partial charge in [-0.3, -0.25) is 4.99 Å². The molecule has 0 aliphatic rings. The molecule has 2 aromatic carbocycles. The number of para-hydroxylation sites is 1. The number of ether oxygens (including phenoxy) is 1. The van der Waals surface area contributed by atoms with Crippen molar-refractivity contribution < 1.29 is 17.5 Å². The standard InChI is InChI=1S/C21H28FN3O3S/c1-15(19-7-5-6-8-20(19)28-3)12-24-21(23-2)25-13-17-11-18(22)10-9-16(17)14-29(4,26)27/h5-11,15H,12-14H2,1-4H3,(H2,23,24,25). The summed E-state index contributed by atoms with van der Waals surface area (Å²) in [6.07, 6.45) is 1.16. The quantitative estimate of drug-likeness (QED) is 0.506. The van der Waals surface area contributed by atoms with Gasteiger partial charge in [-0.25, -0.2) is 12.8 Å². The Kier molecular flexibility index (Phi) is 8.01. The molecule has 0 fully saturated rings. The molecule has 0 bridgehead atoms. The Bertz CT molecular complexity index is 961. The Morgan fingerprint density at radius 3 is 2.55 bits per heavy atom. The van der Waals surface area contributed by atoms with Crippen molar-refractivity contribution in [1.82, 2.24) is 10.6 Å². The maximum Gasteiger partial charge on any atom is 0.191 e. The Balaban J connectivity index is 2.02. The van der Waals surface area contributed by atoms with Gasteiger partial charge in [0.15, 0.2) is 15.8 Å². The van der Waals surface area contributed by atoms with E-state index < -0.39 is 15.7 Å². The molecule has 0 aromatic heterocycles. The van der Waals surface area contributed by atoms with Gasteiger partial charge < -0.3 is 15.4 Å². The number of aliphatic imine (C=N–C) groups is 1. The van der Waals surface area contributed by atoms with Gasteiger partial charge in [-0.1, -0.05) is 31.2 Å². The average molecular weight is 422 g/mol. The average Bonchev–Trinajstić information content (AvgIpc) is 2.68. The number of rotatable bonds is 8. The molecule has 29 heavy (non-hydrogen) atoms. The van der Waals surface area contributed by atoms with Crippen LogP contribution in [0.2, 0.25) is 0 Å². The van der Waals surface area contributed by atoms with E-state index in [1.807, 2.05) is 24.3 Å². The highest BCUT2D eigenvalue weighted by atomic mass is 32.2. The molecular formula is C21H28FN3O3S. The molecule has 0 aliphatic heterocycles. The molecule has 2 aromatic rings. The second-order valence-corrected chi connectivity index (χ2v) is 9.07. The molecule has 0 saturated carbocycles. The third kappa shape index (κ3) is 7.05. The van der Waals surface area contributed by atoms with Crippen molar-refractivity contribution in [2.24, 2.45) is 4.99 Å². The third-order valence-corrected chi connectivity index (χ3v) is 5.34. The predicted molar refractivity (Wildman–Crippen MR) is 115 cm³/mol. The van der Waals surface area contributed by atoms with E-state index in [4.69, 9.17) is 4.74 Å². The van der Waals surface area contributed by atoms with Crippen molar-refractivity contribution in [3.63, 3.8) is 0 Å². The largest absolute Gasteiger partial charge is 0.496 e. The summed E-state index contributed by atoms with van der Waals surface area (Å²) < 4.78 is 42.3. The van der Waals surface area contributed by atoms with Crippen molar-refractivity contribution in [2.75, 3.05) is 27.0 Å². The molecule has 2 rings (SSSR count). The van der Waals surface area contributed by atoms with Crippen molar-refractivity contribution in [2.45, 2.75) is 25.1 Å². The van der Waals surface area contributed by atoms with Crippen LogP contribution in [0.4, 0.5) is 4.39 Å². The van der Waals surface area contributed by atoms with Crippen LogP contribution >= 0.6 is 0 Å². The molecule has 2 N–H and O–H groups in total. The van der Waals surface area contributed by atoms with Crippen LogP contribution in [0, 0.1) is 5.82 Å². The van der Waals surface area contributed by atoms with Gasteiger partial charge in [0.2, 0.25) is 0 Å². The van der Waals surface area contributed by atoms with E-state index in [0.29, 0.717) is 23.6 Å². The summed E-state index contributed by atoms with van der Waals surface area (Å²) in [6.45, 7) is 2.94. The van der Waals surface area contributed by atoms with Gasteiger partial charge in [0, 0.05) is 32.3 Å². The van der Waals surface area contributed by atoms with E-state index in [2.05, 4.69) is 22.5 Å². The fourth-order valence-corrected chi connectivity index (χ4v) is 3.86.